The first-order chi connectivity index (χ1) is 11.7. The van der Waals surface area contributed by atoms with E-state index in [1.807, 2.05) is 23.1 Å². The van der Waals surface area contributed by atoms with Gasteiger partial charge in [0, 0.05) is 19.7 Å². The maximum absolute atomic E-state index is 12.6. The molecule has 2 amide bonds. The third-order valence-corrected chi connectivity index (χ3v) is 4.81. The lowest BCUT2D eigenvalue weighted by Crippen LogP contribution is -2.42. The van der Waals surface area contributed by atoms with E-state index in [1.165, 1.54) is 0 Å². The minimum Gasteiger partial charge on any atom is -0.493 e. The number of benzene rings is 1. The fraction of sp³-hybridized carbons (Fsp3) is 0.611. The Bertz CT molecular complexity index is 572. The van der Waals surface area contributed by atoms with Crippen molar-refractivity contribution in [2.45, 2.75) is 37.8 Å². The third kappa shape index (κ3) is 3.59. The van der Waals surface area contributed by atoms with E-state index in [0.717, 1.165) is 44.4 Å². The Kier molecular flexibility index (Phi) is 5.45. The molecule has 2 saturated heterocycles. The molecule has 0 aromatic heterocycles. The standard InChI is InChI=1S/C18H26N2O4/c1-22-16-8-7-13(11-17(16)23-2)15-6-3-9-20(15)18(21)19-12-14-5-4-10-24-14/h7-8,11,14-15H,3-6,9-10,12H2,1-2H3,(H,19,21)/t14-,15-/m1/s1. The summed E-state index contributed by atoms with van der Waals surface area (Å²) in [6.45, 7) is 2.17. The number of nitrogens with one attached hydrogen (secondary N) is 1. The highest BCUT2D eigenvalue weighted by molar-refractivity contribution is 5.75. The topological polar surface area (TPSA) is 60.0 Å². The van der Waals surface area contributed by atoms with E-state index in [1.54, 1.807) is 14.2 Å². The van der Waals surface area contributed by atoms with Crippen molar-refractivity contribution in [2.75, 3.05) is 33.9 Å². The summed E-state index contributed by atoms with van der Waals surface area (Å²) >= 11 is 0. The molecule has 2 aliphatic heterocycles. The summed E-state index contributed by atoms with van der Waals surface area (Å²) in [5.74, 6) is 1.40. The van der Waals surface area contributed by atoms with Crippen LogP contribution in [0.3, 0.4) is 0 Å². The zero-order valence-corrected chi connectivity index (χ0v) is 14.4. The van der Waals surface area contributed by atoms with Crippen molar-refractivity contribution in [3.63, 3.8) is 0 Å². The number of urea groups is 1. The van der Waals surface area contributed by atoms with E-state index in [9.17, 15) is 4.79 Å². The molecule has 6 nitrogen and oxygen atoms in total. The molecule has 2 fully saturated rings. The zero-order chi connectivity index (χ0) is 16.9. The van der Waals surface area contributed by atoms with Gasteiger partial charge in [0.2, 0.25) is 0 Å². The minimum absolute atomic E-state index is 0.0113. The smallest absolute Gasteiger partial charge is 0.318 e. The average Bonchev–Trinajstić information content (AvgIpc) is 3.30. The van der Waals surface area contributed by atoms with Crippen LogP contribution in [0.15, 0.2) is 18.2 Å². The van der Waals surface area contributed by atoms with E-state index in [2.05, 4.69) is 5.32 Å². The number of amides is 2. The lowest BCUT2D eigenvalue weighted by atomic mass is 10.0. The van der Waals surface area contributed by atoms with Gasteiger partial charge in [0.25, 0.3) is 0 Å². The SMILES string of the molecule is COc1ccc([C@H]2CCCN2C(=O)NC[C@H]2CCCO2)cc1OC. The van der Waals surface area contributed by atoms with Crippen molar-refractivity contribution in [3.8, 4) is 11.5 Å². The Hall–Kier alpha value is -1.95. The molecule has 6 heteroatoms. The van der Waals surface area contributed by atoms with Gasteiger partial charge in [-0.3, -0.25) is 0 Å². The van der Waals surface area contributed by atoms with E-state index in [0.29, 0.717) is 18.0 Å². The molecule has 0 spiro atoms. The summed E-state index contributed by atoms with van der Waals surface area (Å²) < 4.78 is 16.2. The lowest BCUT2D eigenvalue weighted by Gasteiger charge is -2.26. The lowest BCUT2D eigenvalue weighted by molar-refractivity contribution is 0.108. The minimum atomic E-state index is -0.0113. The summed E-state index contributed by atoms with van der Waals surface area (Å²) in [6, 6.07) is 5.94. The second kappa shape index (κ2) is 7.75. The first-order valence-corrected chi connectivity index (χ1v) is 8.61. The number of methoxy groups -OCH3 is 2. The van der Waals surface area contributed by atoms with Gasteiger partial charge >= 0.3 is 6.03 Å². The number of carbonyl (C=O) groups excluding carboxylic acids is 1. The van der Waals surface area contributed by atoms with Gasteiger partial charge in [0.05, 0.1) is 26.4 Å². The average molecular weight is 334 g/mol. The molecule has 1 aromatic carbocycles. The molecular weight excluding hydrogens is 308 g/mol. The van der Waals surface area contributed by atoms with E-state index in [4.69, 9.17) is 14.2 Å². The van der Waals surface area contributed by atoms with Gasteiger partial charge in [-0.2, -0.15) is 0 Å². The molecule has 0 radical (unpaired) electrons. The normalized spacial score (nSPS) is 23.3. The summed E-state index contributed by atoms with van der Waals surface area (Å²) in [6.07, 6.45) is 4.24. The van der Waals surface area contributed by atoms with Crippen LogP contribution in [0.5, 0.6) is 11.5 Å². The molecule has 0 bridgehead atoms. The summed E-state index contributed by atoms with van der Waals surface area (Å²) in [4.78, 5) is 14.5. The van der Waals surface area contributed by atoms with E-state index in [-0.39, 0.29) is 18.2 Å². The summed E-state index contributed by atoms with van der Waals surface area (Å²) in [5, 5.41) is 3.02. The largest absolute Gasteiger partial charge is 0.493 e. The summed E-state index contributed by atoms with van der Waals surface area (Å²) in [7, 11) is 3.25. The number of hydrogen-bond donors (Lipinski definition) is 1. The van der Waals surface area contributed by atoms with Crippen LogP contribution in [0, 0.1) is 0 Å². The Morgan fingerprint density at radius 1 is 1.25 bits per heavy atom. The first kappa shape index (κ1) is 16.9. The molecule has 3 rings (SSSR count). The molecule has 0 saturated carbocycles. The molecule has 132 valence electrons. The monoisotopic (exact) mass is 334 g/mol. The second-order valence-electron chi connectivity index (χ2n) is 6.29. The van der Waals surface area contributed by atoms with Gasteiger partial charge < -0.3 is 24.4 Å². The van der Waals surface area contributed by atoms with Crippen molar-refractivity contribution < 1.29 is 19.0 Å². The van der Waals surface area contributed by atoms with E-state index < -0.39 is 0 Å². The Morgan fingerprint density at radius 3 is 2.79 bits per heavy atom. The number of likely N-dealkylation sites (tertiary alicyclic amines) is 1. The van der Waals surface area contributed by atoms with Gasteiger partial charge in [0.15, 0.2) is 11.5 Å². The molecule has 0 aliphatic carbocycles. The van der Waals surface area contributed by atoms with Gasteiger partial charge in [-0.05, 0) is 43.4 Å². The van der Waals surface area contributed by atoms with Gasteiger partial charge in [0.1, 0.15) is 0 Å². The number of ether oxygens (including phenoxy) is 3. The molecule has 2 heterocycles. The molecule has 1 aromatic rings. The number of carbonyl (C=O) groups is 1. The zero-order valence-electron chi connectivity index (χ0n) is 14.4. The van der Waals surface area contributed by atoms with Gasteiger partial charge in [-0.15, -0.1) is 0 Å². The van der Waals surface area contributed by atoms with Gasteiger partial charge in [-0.25, -0.2) is 4.79 Å². The van der Waals surface area contributed by atoms with Crippen molar-refractivity contribution in [3.05, 3.63) is 23.8 Å². The van der Waals surface area contributed by atoms with Crippen molar-refractivity contribution in [1.82, 2.24) is 10.2 Å². The van der Waals surface area contributed by atoms with Crippen molar-refractivity contribution in [1.29, 1.82) is 0 Å². The van der Waals surface area contributed by atoms with E-state index >= 15 is 0 Å². The quantitative estimate of drug-likeness (QED) is 0.899. The molecule has 1 N–H and O–H groups in total. The molecule has 0 unspecified atom stereocenters. The van der Waals surface area contributed by atoms with Crippen LogP contribution < -0.4 is 14.8 Å². The Labute approximate surface area is 143 Å². The van der Waals surface area contributed by atoms with Crippen LogP contribution in [-0.2, 0) is 4.74 Å². The third-order valence-electron chi connectivity index (χ3n) is 4.81. The van der Waals surface area contributed by atoms with Crippen molar-refractivity contribution >= 4 is 6.03 Å². The molecule has 2 atom stereocenters. The first-order valence-electron chi connectivity index (χ1n) is 8.61. The maximum atomic E-state index is 12.6. The Morgan fingerprint density at radius 2 is 2.08 bits per heavy atom. The van der Waals surface area contributed by atoms with Crippen LogP contribution in [-0.4, -0.2) is 51.0 Å². The van der Waals surface area contributed by atoms with Crippen molar-refractivity contribution in [2.24, 2.45) is 0 Å². The second-order valence-corrected chi connectivity index (χ2v) is 6.29. The number of rotatable bonds is 5. The Balaban J connectivity index is 1.67. The molecular formula is C18H26N2O4. The highest BCUT2D eigenvalue weighted by Crippen LogP contribution is 2.36. The maximum Gasteiger partial charge on any atom is 0.318 e. The fourth-order valence-electron chi connectivity index (χ4n) is 3.52. The van der Waals surface area contributed by atoms with Crippen LogP contribution >= 0.6 is 0 Å². The van der Waals surface area contributed by atoms with Crippen LogP contribution in [0.25, 0.3) is 0 Å². The predicted molar refractivity (Wildman–Crippen MR) is 90.6 cm³/mol. The highest BCUT2D eigenvalue weighted by Gasteiger charge is 2.31. The molecule has 2 aliphatic rings. The van der Waals surface area contributed by atoms with Crippen LogP contribution in [0.1, 0.15) is 37.3 Å². The molecule has 24 heavy (non-hydrogen) atoms. The van der Waals surface area contributed by atoms with Crippen LogP contribution in [0.4, 0.5) is 4.79 Å². The summed E-state index contributed by atoms with van der Waals surface area (Å²) in [5.41, 5.74) is 1.08. The predicted octanol–water partition coefficient (Wildman–Crippen LogP) is 2.73. The highest BCUT2D eigenvalue weighted by atomic mass is 16.5. The van der Waals surface area contributed by atoms with Gasteiger partial charge in [-0.1, -0.05) is 6.07 Å². The number of nitrogens with zero attached hydrogens (tertiary/aromatic N) is 1. The van der Waals surface area contributed by atoms with Crippen LogP contribution in [0.2, 0.25) is 0 Å². The number of hydrogen-bond acceptors (Lipinski definition) is 4. The fourth-order valence-corrected chi connectivity index (χ4v) is 3.52.